The number of fused-ring (bicyclic) bond motifs is 6. The fourth-order valence-corrected chi connectivity index (χ4v) is 3.22. The summed E-state index contributed by atoms with van der Waals surface area (Å²) < 4.78 is 6.07. The van der Waals surface area contributed by atoms with Crippen molar-refractivity contribution < 1.29 is 41.4 Å². The zero-order chi connectivity index (χ0) is 24.7. The van der Waals surface area contributed by atoms with Gasteiger partial charge in [0.1, 0.15) is 22.6 Å². The van der Waals surface area contributed by atoms with Gasteiger partial charge in [0, 0.05) is 41.1 Å². The molecular formula is C23H19CuN5O6+2. The average molecular weight is 525 g/mol. The molecule has 0 aliphatic carbocycles. The Morgan fingerprint density at radius 1 is 0.914 bits per heavy atom. The fraction of sp³-hybridized carbons (Fsp3) is 0.130. The molecule has 1 aromatic carbocycles. The molecule has 4 aromatic heterocycles. The largest absolute Gasteiger partial charge is 2.00 e. The van der Waals surface area contributed by atoms with E-state index in [1.165, 1.54) is 13.8 Å². The van der Waals surface area contributed by atoms with E-state index >= 15 is 0 Å². The molecule has 5 rings (SSSR count). The Bertz CT molecular complexity index is 1400. The first-order chi connectivity index (χ1) is 16.3. The number of rotatable bonds is 3. The molecule has 1 N–H and O–H groups in total. The first-order valence-electron chi connectivity index (χ1n) is 9.92. The van der Waals surface area contributed by atoms with Gasteiger partial charge in [-0.15, -0.1) is 10.1 Å². The van der Waals surface area contributed by atoms with Crippen molar-refractivity contribution in [3.63, 3.8) is 0 Å². The maximum atomic E-state index is 10.0. The number of carbonyl (C=O) groups excluding carboxylic acids is 2. The zero-order valence-corrected chi connectivity index (χ0v) is 19.4. The number of hydrogen-bond donors (Lipinski definition) is 1. The van der Waals surface area contributed by atoms with Gasteiger partial charge in [0.2, 0.25) is 5.89 Å². The first-order valence-corrected chi connectivity index (χ1v) is 9.92. The summed E-state index contributed by atoms with van der Waals surface area (Å²) in [6.07, 6.45) is 7.07. The van der Waals surface area contributed by atoms with E-state index in [1.54, 1.807) is 24.8 Å². The molecule has 0 unspecified atom stereocenters. The van der Waals surface area contributed by atoms with Gasteiger partial charge in [-0.25, -0.2) is 4.98 Å². The molecule has 0 saturated heterocycles. The molecule has 1 radical (unpaired) electrons. The number of ketones is 2. The smallest absolute Gasteiger partial charge is 0.435 e. The van der Waals surface area contributed by atoms with Gasteiger partial charge in [0.05, 0.1) is 11.9 Å². The molecule has 0 amide bonds. The molecule has 0 atom stereocenters. The topological polar surface area (TPSA) is 162 Å². The molecule has 11 nitrogen and oxygen atoms in total. The molecule has 0 bridgehead atoms. The molecular weight excluding hydrogens is 506 g/mol. The van der Waals surface area contributed by atoms with Crippen LogP contribution in [0.2, 0.25) is 0 Å². The number of pyridine rings is 3. The Hall–Kier alpha value is -4.28. The van der Waals surface area contributed by atoms with E-state index in [-0.39, 0.29) is 35.1 Å². The van der Waals surface area contributed by atoms with Gasteiger partial charge in [-0.05, 0) is 50.2 Å². The predicted octanol–water partition coefficient (Wildman–Crippen LogP) is 4.19. The van der Waals surface area contributed by atoms with Crippen molar-refractivity contribution in [3.05, 3.63) is 71.3 Å². The summed E-state index contributed by atoms with van der Waals surface area (Å²) in [5.41, 5.74) is 4.10. The van der Waals surface area contributed by atoms with Gasteiger partial charge in [-0.3, -0.25) is 24.5 Å². The van der Waals surface area contributed by atoms with Crippen LogP contribution in [-0.4, -0.2) is 41.8 Å². The third-order valence-corrected chi connectivity index (χ3v) is 4.39. The van der Waals surface area contributed by atoms with Gasteiger partial charge in [-0.1, -0.05) is 0 Å². The summed E-state index contributed by atoms with van der Waals surface area (Å²) in [7, 11) is 0. The number of nitrogens with zero attached hydrogens (tertiary/aromatic N) is 5. The molecule has 0 aliphatic heterocycles. The Morgan fingerprint density at radius 3 is 1.94 bits per heavy atom. The van der Waals surface area contributed by atoms with Crippen LogP contribution in [0.1, 0.15) is 20.3 Å². The zero-order valence-electron chi connectivity index (χ0n) is 18.5. The summed E-state index contributed by atoms with van der Waals surface area (Å²) in [6, 6.07) is 11.5. The van der Waals surface area contributed by atoms with E-state index < -0.39 is 5.09 Å². The summed E-state index contributed by atoms with van der Waals surface area (Å²) in [5, 5.41) is 15.5. The van der Waals surface area contributed by atoms with E-state index in [0.29, 0.717) is 5.89 Å². The van der Waals surface area contributed by atoms with E-state index in [1.807, 2.05) is 36.4 Å². The molecule has 181 valence electrons. The van der Waals surface area contributed by atoms with Crippen LogP contribution in [0.5, 0.6) is 0 Å². The van der Waals surface area contributed by atoms with Crippen LogP contribution in [-0.2, 0) is 26.7 Å². The minimum absolute atomic E-state index is 0. The van der Waals surface area contributed by atoms with Crippen molar-refractivity contribution in [2.24, 2.45) is 0 Å². The van der Waals surface area contributed by atoms with Gasteiger partial charge in [0.25, 0.3) is 5.09 Å². The van der Waals surface area contributed by atoms with Crippen molar-refractivity contribution in [1.29, 1.82) is 0 Å². The van der Waals surface area contributed by atoms with Crippen molar-refractivity contribution in [2.75, 3.05) is 0 Å². The maximum Gasteiger partial charge on any atom is 2.00 e. The van der Waals surface area contributed by atoms with E-state index in [2.05, 4.69) is 15.0 Å². The van der Waals surface area contributed by atoms with Gasteiger partial charge < -0.3 is 9.62 Å². The third-order valence-electron chi connectivity index (χ3n) is 4.39. The Balaban J connectivity index is 0.000000307. The number of benzene rings is 1. The number of Topliss-reactive ketones (excluding diaryl/α,β-unsaturated/α-hetero) is 2. The minimum atomic E-state index is -1.50. The summed E-state index contributed by atoms with van der Waals surface area (Å²) in [6.45, 7) is 2.81. The molecule has 0 aliphatic rings. The fourth-order valence-electron chi connectivity index (χ4n) is 3.22. The summed E-state index contributed by atoms with van der Waals surface area (Å²) in [4.78, 5) is 46.1. The molecule has 12 heteroatoms. The number of carbonyl (C=O) groups is 2. The Kier molecular flexibility index (Phi) is 9.44. The predicted molar refractivity (Wildman–Crippen MR) is 123 cm³/mol. The van der Waals surface area contributed by atoms with Crippen LogP contribution in [0.25, 0.3) is 44.4 Å². The first kappa shape index (κ1) is 27.0. The normalized spacial score (nSPS) is 9.89. The summed E-state index contributed by atoms with van der Waals surface area (Å²) in [5.74, 6) is 0.448. The van der Waals surface area contributed by atoms with Crippen molar-refractivity contribution in [3.8, 4) is 11.5 Å². The number of oxazole rings is 1. The second-order valence-electron chi connectivity index (χ2n) is 7.05. The van der Waals surface area contributed by atoms with Crippen molar-refractivity contribution >= 4 is 44.5 Å². The van der Waals surface area contributed by atoms with Crippen molar-refractivity contribution in [2.45, 2.75) is 20.3 Å². The maximum absolute atomic E-state index is 10.0. The molecule has 4 heterocycles. The van der Waals surface area contributed by atoms with E-state index in [4.69, 9.17) is 24.7 Å². The van der Waals surface area contributed by atoms with Crippen LogP contribution in [0.15, 0.2) is 65.6 Å². The van der Waals surface area contributed by atoms with Crippen LogP contribution >= 0.6 is 0 Å². The molecule has 0 spiro atoms. The third kappa shape index (κ3) is 6.85. The molecule has 0 fully saturated rings. The number of aromatic nitrogens is 4. The average Bonchev–Trinajstić information content (AvgIpc) is 3.25. The summed E-state index contributed by atoms with van der Waals surface area (Å²) >= 11 is 0. The standard InChI is InChI=1S/C18H10N4O.C5H8O2.Cu.HNO3/c1-3-12-14(20-7-1)15-13(4-2-8-21-15)17-16(12)22-18(23-17)11-5-9-19-10-6-11;1-4(6)3-5(2)7;;2-1(3)4/h1-10H;3H2,1-2H3;;(H,2,3,4)/q;;+2;. The van der Waals surface area contributed by atoms with E-state index in [9.17, 15) is 9.59 Å². The quantitative estimate of drug-likeness (QED) is 0.119. The molecule has 0 saturated carbocycles. The van der Waals surface area contributed by atoms with Crippen molar-refractivity contribution in [1.82, 2.24) is 19.9 Å². The van der Waals surface area contributed by atoms with Crippen LogP contribution in [0.4, 0.5) is 0 Å². The minimum Gasteiger partial charge on any atom is -0.435 e. The van der Waals surface area contributed by atoms with Gasteiger partial charge in [0.15, 0.2) is 5.58 Å². The molecule has 35 heavy (non-hydrogen) atoms. The number of hydrogen-bond acceptors (Lipinski definition) is 9. The SMILES string of the molecule is CC(=O)CC(C)=O.O=[N+]([O-])O.[Cu+2].c1cnc2c(c1)c1nc(-c3ccncc3)oc1c1cccnc12. The van der Waals surface area contributed by atoms with Gasteiger partial charge in [-0.2, -0.15) is 0 Å². The monoisotopic (exact) mass is 524 g/mol. The van der Waals surface area contributed by atoms with Crippen LogP contribution < -0.4 is 0 Å². The molecule has 5 aromatic rings. The Labute approximate surface area is 208 Å². The second-order valence-corrected chi connectivity index (χ2v) is 7.05. The second kappa shape index (κ2) is 12.3. The van der Waals surface area contributed by atoms with Crippen LogP contribution in [0, 0.1) is 10.1 Å². The Morgan fingerprint density at radius 2 is 1.43 bits per heavy atom. The van der Waals surface area contributed by atoms with Crippen LogP contribution in [0.3, 0.4) is 0 Å². The van der Waals surface area contributed by atoms with E-state index in [0.717, 1.165) is 38.5 Å². The van der Waals surface area contributed by atoms with Gasteiger partial charge >= 0.3 is 17.1 Å².